The van der Waals surface area contributed by atoms with Gasteiger partial charge >= 0.3 is 0 Å². The van der Waals surface area contributed by atoms with Crippen LogP contribution in [0.15, 0.2) is 30.5 Å². The Bertz CT molecular complexity index is 1090. The van der Waals surface area contributed by atoms with Gasteiger partial charge in [0.25, 0.3) is 5.91 Å². The van der Waals surface area contributed by atoms with Crippen molar-refractivity contribution in [3.05, 3.63) is 58.9 Å². The van der Waals surface area contributed by atoms with Crippen molar-refractivity contribution in [3.63, 3.8) is 0 Å². The van der Waals surface area contributed by atoms with Crippen LogP contribution in [0.25, 0.3) is 16.9 Å². The third kappa shape index (κ3) is 3.81. The highest BCUT2D eigenvalue weighted by atomic mass is 19.1. The van der Waals surface area contributed by atoms with Gasteiger partial charge in [-0.15, -0.1) is 0 Å². The molecule has 7 heteroatoms. The molecule has 1 fully saturated rings. The van der Waals surface area contributed by atoms with Gasteiger partial charge in [-0.2, -0.15) is 0 Å². The van der Waals surface area contributed by atoms with Crippen molar-refractivity contribution in [2.75, 3.05) is 7.05 Å². The lowest BCUT2D eigenvalue weighted by Gasteiger charge is -2.26. The van der Waals surface area contributed by atoms with Crippen molar-refractivity contribution in [2.45, 2.75) is 45.1 Å². The number of hydrogen-bond donors (Lipinski definition) is 2. The number of amides is 1. The van der Waals surface area contributed by atoms with E-state index >= 15 is 8.78 Å². The first-order valence-electron chi connectivity index (χ1n) is 10.3. The third-order valence-electron chi connectivity index (χ3n) is 5.95. The molecule has 4 rings (SSSR count). The van der Waals surface area contributed by atoms with Crippen LogP contribution in [0.3, 0.4) is 0 Å². The van der Waals surface area contributed by atoms with Crippen LogP contribution in [0.4, 0.5) is 8.78 Å². The minimum absolute atomic E-state index is 0.0596. The van der Waals surface area contributed by atoms with E-state index in [1.807, 2.05) is 29.7 Å². The van der Waals surface area contributed by atoms with Crippen molar-refractivity contribution < 1.29 is 13.6 Å². The van der Waals surface area contributed by atoms with Crippen LogP contribution in [-0.4, -0.2) is 28.4 Å². The van der Waals surface area contributed by atoms with E-state index in [2.05, 4.69) is 10.3 Å². The van der Waals surface area contributed by atoms with Crippen molar-refractivity contribution in [2.24, 2.45) is 11.7 Å². The summed E-state index contributed by atoms with van der Waals surface area (Å²) < 4.78 is 32.0. The van der Waals surface area contributed by atoms with Crippen LogP contribution >= 0.6 is 0 Å². The fraction of sp³-hybridized carbons (Fsp3) is 0.391. The molecule has 3 N–H and O–H groups in total. The Morgan fingerprint density at radius 1 is 1.27 bits per heavy atom. The summed E-state index contributed by atoms with van der Waals surface area (Å²) in [5.41, 5.74) is 8.63. The second-order valence-electron chi connectivity index (χ2n) is 8.23. The first-order valence-corrected chi connectivity index (χ1v) is 10.3. The molecule has 0 radical (unpaired) electrons. The van der Waals surface area contributed by atoms with Gasteiger partial charge in [-0.05, 0) is 68.4 Å². The molecule has 1 aromatic carbocycles. The normalized spacial score (nSPS) is 19.2. The predicted molar refractivity (Wildman–Crippen MR) is 112 cm³/mol. The maximum absolute atomic E-state index is 15.0. The number of aryl methyl sites for hydroxylation is 1. The Hall–Kier alpha value is -2.80. The number of imidazole rings is 1. The minimum atomic E-state index is -0.796. The molecule has 0 unspecified atom stereocenters. The Labute approximate surface area is 174 Å². The molecule has 1 saturated carbocycles. The minimum Gasteiger partial charge on any atom is -0.355 e. The number of carbonyl (C=O) groups excluding carboxylic acids is 1. The van der Waals surface area contributed by atoms with Crippen molar-refractivity contribution in [1.82, 2.24) is 14.7 Å². The Morgan fingerprint density at radius 3 is 2.67 bits per heavy atom. The number of hydrogen-bond acceptors (Lipinski definition) is 3. The second kappa shape index (κ2) is 8.14. The summed E-state index contributed by atoms with van der Waals surface area (Å²) in [6, 6.07) is 6.14. The molecule has 0 bridgehead atoms. The molecule has 1 amide bonds. The second-order valence-corrected chi connectivity index (χ2v) is 8.23. The number of fused-ring (bicyclic) bond motifs is 1. The largest absolute Gasteiger partial charge is 0.355 e. The molecule has 5 nitrogen and oxygen atoms in total. The number of benzene rings is 1. The number of nitrogens with zero attached hydrogens (tertiary/aromatic N) is 2. The molecule has 30 heavy (non-hydrogen) atoms. The van der Waals surface area contributed by atoms with E-state index < -0.39 is 17.5 Å². The molecule has 0 spiro atoms. The summed E-state index contributed by atoms with van der Waals surface area (Å²) >= 11 is 0. The molecule has 2 heterocycles. The van der Waals surface area contributed by atoms with Crippen LogP contribution in [0.2, 0.25) is 0 Å². The molecule has 0 aliphatic heterocycles. The van der Waals surface area contributed by atoms with E-state index in [1.54, 1.807) is 0 Å². The summed E-state index contributed by atoms with van der Waals surface area (Å²) in [6.45, 7) is 1.95. The van der Waals surface area contributed by atoms with Gasteiger partial charge in [-0.1, -0.05) is 6.42 Å². The molecule has 2 atom stereocenters. The lowest BCUT2D eigenvalue weighted by molar-refractivity contribution is 0.0962. The number of nitrogens with one attached hydrogen (secondary N) is 1. The Balaban J connectivity index is 1.85. The highest BCUT2D eigenvalue weighted by molar-refractivity contribution is 5.94. The van der Waals surface area contributed by atoms with Gasteiger partial charge in [0.1, 0.15) is 17.3 Å². The SMILES string of the molecule is CNC(=O)c1cc(F)c(-c2nc3cc(C)ccn3c2C[C@@H]2CCC[C@H](N)C2)c(F)c1. The molecule has 1 aliphatic carbocycles. The van der Waals surface area contributed by atoms with E-state index in [9.17, 15) is 4.79 Å². The van der Waals surface area contributed by atoms with Gasteiger partial charge in [0.15, 0.2) is 0 Å². The lowest BCUT2D eigenvalue weighted by Crippen LogP contribution is -2.29. The van der Waals surface area contributed by atoms with Crippen molar-refractivity contribution in [1.29, 1.82) is 0 Å². The van der Waals surface area contributed by atoms with Crippen molar-refractivity contribution in [3.8, 4) is 11.3 Å². The monoisotopic (exact) mass is 412 g/mol. The summed E-state index contributed by atoms with van der Waals surface area (Å²) in [5.74, 6) is -1.79. The maximum Gasteiger partial charge on any atom is 0.251 e. The molecular weight excluding hydrogens is 386 g/mol. The average Bonchev–Trinajstić information content (AvgIpc) is 3.03. The van der Waals surface area contributed by atoms with Gasteiger partial charge in [0, 0.05) is 24.8 Å². The number of halogens is 2. The van der Waals surface area contributed by atoms with Gasteiger partial charge < -0.3 is 15.5 Å². The van der Waals surface area contributed by atoms with Crippen LogP contribution in [0.1, 0.15) is 47.3 Å². The lowest BCUT2D eigenvalue weighted by atomic mass is 9.83. The number of nitrogens with two attached hydrogens (primary N) is 1. The summed E-state index contributed by atoms with van der Waals surface area (Å²) in [6.07, 6.45) is 6.53. The first-order chi connectivity index (χ1) is 14.4. The molecule has 158 valence electrons. The van der Waals surface area contributed by atoms with Gasteiger partial charge in [0.05, 0.1) is 17.0 Å². The summed E-state index contributed by atoms with van der Waals surface area (Å²) in [7, 11) is 1.42. The van der Waals surface area contributed by atoms with E-state index in [4.69, 9.17) is 5.73 Å². The van der Waals surface area contributed by atoms with E-state index in [-0.39, 0.29) is 17.2 Å². The fourth-order valence-corrected chi connectivity index (χ4v) is 4.46. The highest BCUT2D eigenvalue weighted by Gasteiger charge is 2.26. The Kier molecular flexibility index (Phi) is 5.56. The van der Waals surface area contributed by atoms with Crippen LogP contribution in [0.5, 0.6) is 0 Å². The first kappa shape index (κ1) is 20.5. The van der Waals surface area contributed by atoms with E-state index in [0.29, 0.717) is 23.7 Å². The average molecular weight is 412 g/mol. The fourth-order valence-electron chi connectivity index (χ4n) is 4.46. The van der Waals surface area contributed by atoms with E-state index in [1.165, 1.54) is 7.05 Å². The van der Waals surface area contributed by atoms with Crippen LogP contribution in [-0.2, 0) is 6.42 Å². The van der Waals surface area contributed by atoms with E-state index in [0.717, 1.165) is 49.1 Å². The number of pyridine rings is 1. The molecule has 0 saturated heterocycles. The van der Waals surface area contributed by atoms with Gasteiger partial charge in [-0.25, -0.2) is 13.8 Å². The smallest absolute Gasteiger partial charge is 0.251 e. The van der Waals surface area contributed by atoms with Gasteiger partial charge in [0.2, 0.25) is 0 Å². The maximum atomic E-state index is 15.0. The predicted octanol–water partition coefficient (Wildman–Crippen LogP) is 4.01. The zero-order chi connectivity index (χ0) is 21.4. The molecule has 3 aromatic rings. The molecule has 1 aliphatic rings. The van der Waals surface area contributed by atoms with Crippen LogP contribution < -0.4 is 11.1 Å². The summed E-state index contributed by atoms with van der Waals surface area (Å²) in [5, 5.41) is 2.39. The standard InChI is InChI=1S/C23H26F2N4O/c1-13-6-7-29-19(10-14-4-3-5-16(26)9-14)22(28-20(29)8-13)21-17(24)11-15(12-18(21)25)23(30)27-2/h6-8,11-12,14,16H,3-5,9-10,26H2,1-2H3,(H,27,30)/t14-,16+/m1/s1. The Morgan fingerprint density at radius 2 is 2.00 bits per heavy atom. The number of carbonyl (C=O) groups is 1. The molecular formula is C23H26F2N4O. The quantitative estimate of drug-likeness (QED) is 0.680. The van der Waals surface area contributed by atoms with Gasteiger partial charge in [-0.3, -0.25) is 4.79 Å². The zero-order valence-electron chi connectivity index (χ0n) is 17.2. The number of aromatic nitrogens is 2. The van der Waals surface area contributed by atoms with Crippen molar-refractivity contribution >= 4 is 11.6 Å². The van der Waals surface area contributed by atoms with Crippen LogP contribution in [0, 0.1) is 24.5 Å². The zero-order valence-corrected chi connectivity index (χ0v) is 17.2. The number of rotatable bonds is 4. The molecule has 2 aromatic heterocycles. The highest BCUT2D eigenvalue weighted by Crippen LogP contribution is 2.34. The summed E-state index contributed by atoms with van der Waals surface area (Å²) in [4.78, 5) is 16.4. The third-order valence-corrected chi connectivity index (χ3v) is 5.95. The topological polar surface area (TPSA) is 72.4 Å².